The lowest BCUT2D eigenvalue weighted by Gasteiger charge is -2.12. The van der Waals surface area contributed by atoms with Crippen molar-refractivity contribution in [2.75, 3.05) is 37.1 Å². The maximum Gasteiger partial charge on any atom is 0.341 e. The number of amides is 2. The molecule has 2 amide bonds. The van der Waals surface area contributed by atoms with E-state index in [4.69, 9.17) is 9.47 Å². The quantitative estimate of drug-likeness (QED) is 0.191. The summed E-state index contributed by atoms with van der Waals surface area (Å²) in [6.45, 7) is 2.34. The SMILES string of the molecule is CCOC(=O)c1c(NC(=O)CS(=O)(=O)CC(=O)N=c2sc3cc([N+](=O)[O-])ccc3n2CCOC)sc2c1CCCC2. The van der Waals surface area contributed by atoms with Gasteiger partial charge in [0.05, 0.1) is 33.9 Å². The van der Waals surface area contributed by atoms with Crippen LogP contribution in [0.15, 0.2) is 23.2 Å². The molecule has 41 heavy (non-hydrogen) atoms. The molecule has 1 aromatic carbocycles. The third-order valence-corrected chi connectivity index (χ3v) is 9.85. The van der Waals surface area contributed by atoms with Crippen molar-refractivity contribution in [3.8, 4) is 0 Å². The van der Waals surface area contributed by atoms with Gasteiger partial charge < -0.3 is 19.4 Å². The van der Waals surface area contributed by atoms with Gasteiger partial charge >= 0.3 is 5.97 Å². The molecule has 0 saturated heterocycles. The topological polar surface area (TPSA) is 176 Å². The van der Waals surface area contributed by atoms with Crippen molar-refractivity contribution in [1.29, 1.82) is 0 Å². The second-order valence-electron chi connectivity index (χ2n) is 9.16. The van der Waals surface area contributed by atoms with Gasteiger partial charge in [-0.2, -0.15) is 4.99 Å². The van der Waals surface area contributed by atoms with E-state index in [2.05, 4.69) is 10.3 Å². The number of methoxy groups -OCH3 is 1. The van der Waals surface area contributed by atoms with Crippen LogP contribution in [-0.4, -0.2) is 67.5 Å². The molecule has 16 heteroatoms. The normalized spacial score (nSPS) is 13.7. The molecular formula is C25H28N4O9S3. The second-order valence-corrected chi connectivity index (χ2v) is 13.3. The Balaban J connectivity index is 1.52. The van der Waals surface area contributed by atoms with Crippen LogP contribution in [0.4, 0.5) is 10.7 Å². The number of aromatic nitrogens is 1. The summed E-state index contributed by atoms with van der Waals surface area (Å²) in [5.74, 6) is -4.46. The average Bonchev–Trinajstić information content (AvgIpc) is 3.42. The lowest BCUT2D eigenvalue weighted by atomic mass is 9.95. The minimum atomic E-state index is -4.23. The van der Waals surface area contributed by atoms with Gasteiger partial charge in [-0.1, -0.05) is 11.3 Å². The molecule has 0 unspecified atom stereocenters. The Morgan fingerprint density at radius 3 is 2.63 bits per heavy atom. The van der Waals surface area contributed by atoms with Crippen LogP contribution in [0.3, 0.4) is 0 Å². The number of sulfone groups is 1. The Labute approximate surface area is 242 Å². The molecule has 0 atom stereocenters. The summed E-state index contributed by atoms with van der Waals surface area (Å²) in [6, 6.07) is 4.20. The molecule has 0 bridgehead atoms. The number of nitro groups is 1. The average molecular weight is 625 g/mol. The number of nitro benzene ring substituents is 1. The highest BCUT2D eigenvalue weighted by Gasteiger charge is 2.29. The van der Waals surface area contributed by atoms with Crippen molar-refractivity contribution in [2.24, 2.45) is 4.99 Å². The molecule has 1 aliphatic carbocycles. The number of carbonyl (C=O) groups is 3. The van der Waals surface area contributed by atoms with Gasteiger partial charge in [0.25, 0.3) is 11.6 Å². The van der Waals surface area contributed by atoms with E-state index in [0.717, 1.165) is 41.0 Å². The van der Waals surface area contributed by atoms with Crippen molar-refractivity contribution in [3.05, 3.63) is 49.1 Å². The number of thiophene rings is 1. The number of ether oxygens (including phenoxy) is 2. The van der Waals surface area contributed by atoms with Gasteiger partial charge in [-0.25, -0.2) is 13.2 Å². The molecule has 0 aliphatic heterocycles. The summed E-state index contributed by atoms with van der Waals surface area (Å²) in [5, 5.41) is 13.9. The third-order valence-electron chi connectivity index (χ3n) is 6.21. The van der Waals surface area contributed by atoms with Crippen molar-refractivity contribution >= 4 is 71.2 Å². The molecule has 4 rings (SSSR count). The van der Waals surface area contributed by atoms with Crippen molar-refractivity contribution in [2.45, 2.75) is 39.2 Å². The minimum absolute atomic E-state index is 0.137. The number of nitrogens with one attached hydrogen (secondary N) is 1. The Morgan fingerprint density at radius 1 is 1.17 bits per heavy atom. The maximum atomic E-state index is 12.8. The highest BCUT2D eigenvalue weighted by atomic mass is 32.2. The minimum Gasteiger partial charge on any atom is -0.462 e. The molecular weight excluding hydrogens is 596 g/mol. The van der Waals surface area contributed by atoms with Crippen LogP contribution in [0.2, 0.25) is 0 Å². The van der Waals surface area contributed by atoms with Crippen LogP contribution >= 0.6 is 22.7 Å². The molecule has 1 aliphatic rings. The number of non-ortho nitro benzene ring substituents is 1. The highest BCUT2D eigenvalue weighted by molar-refractivity contribution is 7.92. The molecule has 2 aromatic heterocycles. The van der Waals surface area contributed by atoms with Gasteiger partial charge in [0.1, 0.15) is 16.5 Å². The predicted molar refractivity (Wildman–Crippen MR) is 153 cm³/mol. The number of thiazole rings is 1. The zero-order valence-electron chi connectivity index (χ0n) is 22.3. The molecule has 2 heterocycles. The van der Waals surface area contributed by atoms with Crippen LogP contribution in [0.1, 0.15) is 40.6 Å². The monoisotopic (exact) mass is 624 g/mol. The van der Waals surface area contributed by atoms with Gasteiger partial charge in [-0.15, -0.1) is 11.3 Å². The van der Waals surface area contributed by atoms with Crippen LogP contribution < -0.4 is 10.1 Å². The summed E-state index contributed by atoms with van der Waals surface area (Å²) in [7, 11) is -2.74. The van der Waals surface area contributed by atoms with Crippen LogP contribution in [0.5, 0.6) is 0 Å². The largest absolute Gasteiger partial charge is 0.462 e. The molecule has 220 valence electrons. The van der Waals surface area contributed by atoms with Gasteiger partial charge in [0.2, 0.25) is 5.91 Å². The zero-order chi connectivity index (χ0) is 29.7. The van der Waals surface area contributed by atoms with Crippen molar-refractivity contribution in [3.63, 3.8) is 0 Å². The molecule has 0 saturated carbocycles. The van der Waals surface area contributed by atoms with Gasteiger partial charge in [-0.05, 0) is 44.2 Å². The first-order valence-electron chi connectivity index (χ1n) is 12.7. The van der Waals surface area contributed by atoms with Gasteiger partial charge in [0.15, 0.2) is 14.6 Å². The lowest BCUT2D eigenvalue weighted by molar-refractivity contribution is -0.384. The fourth-order valence-corrected chi connectivity index (χ4v) is 7.89. The Hall–Kier alpha value is -3.47. The second kappa shape index (κ2) is 13.0. The number of hydrogen-bond acceptors (Lipinski definition) is 11. The van der Waals surface area contributed by atoms with E-state index >= 15 is 0 Å². The Bertz CT molecular complexity index is 1690. The van der Waals surface area contributed by atoms with Gasteiger partial charge in [0, 0.05) is 30.7 Å². The van der Waals surface area contributed by atoms with Crippen LogP contribution in [-0.2, 0) is 48.3 Å². The highest BCUT2D eigenvalue weighted by Crippen LogP contribution is 2.38. The Kier molecular flexibility index (Phi) is 9.68. The number of aryl methyl sites for hydroxylation is 1. The molecule has 0 radical (unpaired) electrons. The molecule has 0 fully saturated rings. The number of benzene rings is 1. The van der Waals surface area contributed by atoms with E-state index in [1.807, 2.05) is 0 Å². The Morgan fingerprint density at radius 2 is 1.93 bits per heavy atom. The van der Waals surface area contributed by atoms with E-state index in [9.17, 15) is 32.9 Å². The first-order valence-corrected chi connectivity index (χ1v) is 16.1. The molecule has 0 spiro atoms. The van der Waals surface area contributed by atoms with Crippen LogP contribution in [0.25, 0.3) is 10.2 Å². The zero-order valence-corrected chi connectivity index (χ0v) is 24.8. The number of rotatable bonds is 11. The number of fused-ring (bicyclic) bond motifs is 2. The number of carbonyl (C=O) groups excluding carboxylic acids is 3. The fraction of sp³-hybridized carbons (Fsp3) is 0.440. The molecule has 3 aromatic rings. The number of hydrogen-bond donors (Lipinski definition) is 1. The molecule has 1 N–H and O–H groups in total. The fourth-order valence-electron chi connectivity index (χ4n) is 4.47. The first kappa shape index (κ1) is 30.5. The summed E-state index contributed by atoms with van der Waals surface area (Å²) in [6.07, 6.45) is 3.27. The summed E-state index contributed by atoms with van der Waals surface area (Å²) >= 11 is 2.23. The summed E-state index contributed by atoms with van der Waals surface area (Å²) in [5.41, 5.74) is 1.51. The van der Waals surface area contributed by atoms with Crippen molar-refractivity contribution in [1.82, 2.24) is 4.57 Å². The lowest BCUT2D eigenvalue weighted by Crippen LogP contribution is -2.28. The number of anilines is 1. The first-order chi connectivity index (χ1) is 19.5. The summed E-state index contributed by atoms with van der Waals surface area (Å²) in [4.78, 5) is 53.7. The van der Waals surface area contributed by atoms with Crippen molar-refractivity contribution < 1.29 is 37.2 Å². The predicted octanol–water partition coefficient (Wildman–Crippen LogP) is 2.86. The smallest absolute Gasteiger partial charge is 0.341 e. The summed E-state index contributed by atoms with van der Waals surface area (Å²) < 4.78 is 37.9. The van der Waals surface area contributed by atoms with Gasteiger partial charge in [-0.3, -0.25) is 19.7 Å². The van der Waals surface area contributed by atoms with Crippen LogP contribution in [0, 0.1) is 10.1 Å². The van der Waals surface area contributed by atoms with E-state index in [1.165, 1.54) is 36.6 Å². The maximum absolute atomic E-state index is 12.8. The van der Waals surface area contributed by atoms with E-state index in [1.54, 1.807) is 11.5 Å². The number of esters is 1. The molecule has 13 nitrogen and oxygen atoms in total. The standard InChI is InChI=1S/C25H28N4O9S3/c1-3-38-24(32)22-16-6-4-5-7-18(16)39-23(22)26-20(30)13-41(35,36)14-21(31)27-25-28(10-11-37-2)17-9-8-15(29(33)34)12-19(17)40-25/h8-9,12H,3-7,10-11,13-14H2,1-2H3,(H,26,30). The third kappa shape index (κ3) is 7.25. The van der Waals surface area contributed by atoms with E-state index in [0.29, 0.717) is 16.6 Å². The van der Waals surface area contributed by atoms with E-state index in [-0.39, 0.29) is 40.8 Å². The number of nitrogens with zero attached hydrogens (tertiary/aromatic N) is 3. The van der Waals surface area contributed by atoms with E-state index < -0.39 is 44.0 Å².